The number of morpholine rings is 1. The van der Waals surface area contributed by atoms with Crippen molar-refractivity contribution in [2.24, 2.45) is 0 Å². The lowest BCUT2D eigenvalue weighted by atomic mass is 10.1. The number of halogens is 1. The Bertz CT molecular complexity index is 447. The minimum Gasteiger partial charge on any atom is -0.468 e. The number of hydrogen-bond acceptors (Lipinski definition) is 5. The fourth-order valence-corrected chi connectivity index (χ4v) is 2.30. The van der Waals surface area contributed by atoms with Crippen LogP contribution < -0.4 is 5.32 Å². The van der Waals surface area contributed by atoms with Crippen LogP contribution in [-0.4, -0.2) is 57.4 Å². The van der Waals surface area contributed by atoms with Crippen molar-refractivity contribution in [2.75, 3.05) is 46.5 Å². The highest BCUT2D eigenvalue weighted by atomic mass is 19.1. The van der Waals surface area contributed by atoms with Crippen LogP contribution in [0.4, 0.5) is 4.39 Å². The molecule has 1 atom stereocenters. The molecule has 0 spiro atoms. The number of methoxy groups -OCH3 is 1. The van der Waals surface area contributed by atoms with Gasteiger partial charge in [-0.25, -0.2) is 9.18 Å². The molecule has 0 bridgehead atoms. The van der Waals surface area contributed by atoms with Crippen LogP contribution in [0.15, 0.2) is 24.3 Å². The third kappa shape index (κ3) is 4.77. The summed E-state index contributed by atoms with van der Waals surface area (Å²) in [6.07, 6.45) is 0. The Labute approximate surface area is 124 Å². The van der Waals surface area contributed by atoms with Gasteiger partial charge in [0.2, 0.25) is 0 Å². The van der Waals surface area contributed by atoms with E-state index in [-0.39, 0.29) is 11.8 Å². The molecule has 1 unspecified atom stereocenters. The Balaban J connectivity index is 1.90. The van der Waals surface area contributed by atoms with Gasteiger partial charge in [0.05, 0.1) is 20.3 Å². The second kappa shape index (κ2) is 8.07. The maximum Gasteiger partial charge on any atom is 0.327 e. The Hall–Kier alpha value is -1.50. The van der Waals surface area contributed by atoms with Gasteiger partial charge in [0.1, 0.15) is 11.9 Å². The van der Waals surface area contributed by atoms with E-state index < -0.39 is 6.04 Å². The molecule has 1 aliphatic heterocycles. The zero-order chi connectivity index (χ0) is 15.1. The first-order chi connectivity index (χ1) is 10.2. The fourth-order valence-electron chi connectivity index (χ4n) is 2.30. The van der Waals surface area contributed by atoms with Crippen molar-refractivity contribution in [3.05, 3.63) is 35.6 Å². The van der Waals surface area contributed by atoms with E-state index in [2.05, 4.69) is 10.2 Å². The van der Waals surface area contributed by atoms with Gasteiger partial charge in [-0.2, -0.15) is 0 Å². The van der Waals surface area contributed by atoms with Gasteiger partial charge in [0.15, 0.2) is 0 Å². The molecule has 1 aromatic rings. The van der Waals surface area contributed by atoms with Gasteiger partial charge in [-0.05, 0) is 17.7 Å². The van der Waals surface area contributed by atoms with Crippen molar-refractivity contribution in [3.63, 3.8) is 0 Å². The zero-order valence-corrected chi connectivity index (χ0v) is 12.2. The Kier molecular flexibility index (Phi) is 6.10. The number of rotatable bonds is 6. The molecular formula is C15H21FN2O3. The molecule has 6 heteroatoms. The maximum atomic E-state index is 13.0. The molecule has 1 aromatic carbocycles. The van der Waals surface area contributed by atoms with Gasteiger partial charge in [-0.1, -0.05) is 12.1 Å². The summed E-state index contributed by atoms with van der Waals surface area (Å²) in [5, 5.41) is 3.17. The largest absolute Gasteiger partial charge is 0.468 e. The van der Waals surface area contributed by atoms with Crippen LogP contribution in [-0.2, 0) is 14.3 Å². The predicted molar refractivity (Wildman–Crippen MR) is 76.4 cm³/mol. The summed E-state index contributed by atoms with van der Waals surface area (Å²) in [6, 6.07) is 5.30. The first kappa shape index (κ1) is 15.9. The molecule has 0 radical (unpaired) electrons. The molecule has 0 saturated carbocycles. The summed E-state index contributed by atoms with van der Waals surface area (Å²) in [5.74, 6) is -0.695. The molecule has 1 fully saturated rings. The minimum atomic E-state index is -0.573. The van der Waals surface area contributed by atoms with E-state index in [0.29, 0.717) is 12.1 Å². The summed E-state index contributed by atoms with van der Waals surface area (Å²) in [5.41, 5.74) is 0.699. The van der Waals surface area contributed by atoms with E-state index in [1.165, 1.54) is 19.2 Å². The Morgan fingerprint density at radius 3 is 2.67 bits per heavy atom. The first-order valence-corrected chi connectivity index (χ1v) is 7.07. The van der Waals surface area contributed by atoms with Crippen LogP contribution in [0.25, 0.3) is 0 Å². The second-order valence-corrected chi connectivity index (χ2v) is 4.92. The molecule has 1 aliphatic rings. The molecule has 1 N–H and O–H groups in total. The van der Waals surface area contributed by atoms with Gasteiger partial charge in [-0.3, -0.25) is 10.2 Å². The number of benzene rings is 1. The van der Waals surface area contributed by atoms with Crippen LogP contribution in [0, 0.1) is 5.82 Å². The molecule has 2 rings (SSSR count). The lowest BCUT2D eigenvalue weighted by Gasteiger charge is -2.27. The SMILES string of the molecule is COC(=O)C(NCCN1CCOCC1)c1ccc(F)cc1. The van der Waals surface area contributed by atoms with E-state index in [1.807, 2.05) is 0 Å². The number of carbonyl (C=O) groups excluding carboxylic acids is 1. The summed E-state index contributed by atoms with van der Waals surface area (Å²) >= 11 is 0. The number of nitrogens with zero attached hydrogens (tertiary/aromatic N) is 1. The fraction of sp³-hybridized carbons (Fsp3) is 0.533. The summed E-state index contributed by atoms with van der Waals surface area (Å²) in [6.45, 7) is 4.79. The summed E-state index contributed by atoms with van der Waals surface area (Å²) in [7, 11) is 1.35. The zero-order valence-electron chi connectivity index (χ0n) is 12.2. The van der Waals surface area contributed by atoms with Gasteiger partial charge in [0, 0.05) is 26.2 Å². The second-order valence-electron chi connectivity index (χ2n) is 4.92. The molecule has 0 aliphatic carbocycles. The van der Waals surface area contributed by atoms with E-state index in [9.17, 15) is 9.18 Å². The number of esters is 1. The molecule has 0 aromatic heterocycles. The average Bonchev–Trinajstić information content (AvgIpc) is 2.53. The normalized spacial score (nSPS) is 17.4. The molecule has 1 saturated heterocycles. The Morgan fingerprint density at radius 2 is 2.05 bits per heavy atom. The third-order valence-electron chi connectivity index (χ3n) is 3.52. The predicted octanol–water partition coefficient (Wildman–Crippen LogP) is 0.962. The van der Waals surface area contributed by atoms with E-state index in [4.69, 9.17) is 9.47 Å². The quantitative estimate of drug-likeness (QED) is 0.793. The van der Waals surface area contributed by atoms with Gasteiger partial charge in [0.25, 0.3) is 0 Å². The van der Waals surface area contributed by atoms with Gasteiger partial charge < -0.3 is 9.47 Å². The van der Waals surface area contributed by atoms with Crippen LogP contribution in [0.5, 0.6) is 0 Å². The Morgan fingerprint density at radius 1 is 1.38 bits per heavy atom. The van der Waals surface area contributed by atoms with Crippen molar-refractivity contribution in [1.82, 2.24) is 10.2 Å². The smallest absolute Gasteiger partial charge is 0.327 e. The van der Waals surface area contributed by atoms with Gasteiger partial charge in [-0.15, -0.1) is 0 Å². The number of carbonyl (C=O) groups is 1. The molecular weight excluding hydrogens is 275 g/mol. The summed E-state index contributed by atoms with van der Waals surface area (Å²) < 4.78 is 23.1. The van der Waals surface area contributed by atoms with Crippen molar-refractivity contribution in [1.29, 1.82) is 0 Å². The average molecular weight is 296 g/mol. The van der Waals surface area contributed by atoms with Crippen LogP contribution in [0.1, 0.15) is 11.6 Å². The van der Waals surface area contributed by atoms with Crippen molar-refractivity contribution in [2.45, 2.75) is 6.04 Å². The van der Waals surface area contributed by atoms with Crippen molar-refractivity contribution < 1.29 is 18.7 Å². The number of ether oxygens (including phenoxy) is 2. The lowest BCUT2D eigenvalue weighted by Crippen LogP contribution is -2.42. The maximum absolute atomic E-state index is 13.0. The van der Waals surface area contributed by atoms with E-state index in [1.54, 1.807) is 12.1 Å². The van der Waals surface area contributed by atoms with E-state index in [0.717, 1.165) is 32.8 Å². The highest BCUT2D eigenvalue weighted by Gasteiger charge is 2.21. The van der Waals surface area contributed by atoms with Crippen LogP contribution in [0.3, 0.4) is 0 Å². The molecule has 21 heavy (non-hydrogen) atoms. The first-order valence-electron chi connectivity index (χ1n) is 7.07. The van der Waals surface area contributed by atoms with Crippen molar-refractivity contribution in [3.8, 4) is 0 Å². The highest BCUT2D eigenvalue weighted by molar-refractivity contribution is 5.77. The molecule has 5 nitrogen and oxygen atoms in total. The van der Waals surface area contributed by atoms with E-state index >= 15 is 0 Å². The monoisotopic (exact) mass is 296 g/mol. The van der Waals surface area contributed by atoms with Crippen LogP contribution >= 0.6 is 0 Å². The standard InChI is InChI=1S/C15H21FN2O3/c1-20-15(19)14(12-2-4-13(16)5-3-12)17-6-7-18-8-10-21-11-9-18/h2-5,14,17H,6-11H2,1H3. The number of nitrogens with one attached hydrogen (secondary N) is 1. The lowest BCUT2D eigenvalue weighted by molar-refractivity contribution is -0.143. The third-order valence-corrected chi connectivity index (χ3v) is 3.52. The highest BCUT2D eigenvalue weighted by Crippen LogP contribution is 2.15. The number of hydrogen-bond donors (Lipinski definition) is 1. The minimum absolute atomic E-state index is 0.323. The topological polar surface area (TPSA) is 50.8 Å². The molecule has 116 valence electrons. The summed E-state index contributed by atoms with van der Waals surface area (Å²) in [4.78, 5) is 14.1. The van der Waals surface area contributed by atoms with Crippen LogP contribution in [0.2, 0.25) is 0 Å². The molecule has 1 heterocycles. The van der Waals surface area contributed by atoms with Crippen molar-refractivity contribution >= 4 is 5.97 Å². The molecule has 0 amide bonds. The van der Waals surface area contributed by atoms with Gasteiger partial charge >= 0.3 is 5.97 Å².